The molecule has 0 spiro atoms. The number of nitrogens with one attached hydrogen (secondary N) is 1. The molecule has 0 aliphatic rings. The molecule has 1 unspecified atom stereocenters. The Morgan fingerprint density at radius 2 is 1.62 bits per heavy atom. The summed E-state index contributed by atoms with van der Waals surface area (Å²) in [5.74, 6) is 0. The molecule has 1 aromatic rings. The van der Waals surface area contributed by atoms with Crippen LogP contribution in [-0.4, -0.2) is 12.1 Å². The van der Waals surface area contributed by atoms with Crippen LogP contribution in [0.25, 0.3) is 0 Å². The first kappa shape index (κ1) is 18.2. The van der Waals surface area contributed by atoms with Crippen LogP contribution < -0.4 is 5.32 Å². The highest BCUT2D eigenvalue weighted by Gasteiger charge is 2.03. The van der Waals surface area contributed by atoms with Crippen molar-refractivity contribution in [2.24, 2.45) is 0 Å². The molecular formula is C19H33NO. The van der Waals surface area contributed by atoms with E-state index >= 15 is 0 Å². The second-order valence-corrected chi connectivity index (χ2v) is 6.32. The molecule has 0 radical (unpaired) electrons. The van der Waals surface area contributed by atoms with Crippen LogP contribution in [0.2, 0.25) is 0 Å². The Balaban J connectivity index is 2.22. The van der Waals surface area contributed by atoms with Gasteiger partial charge in [0.2, 0.25) is 0 Å². The Bertz CT molecular complexity index is 358. The Kier molecular flexibility index (Phi) is 9.36. The van der Waals surface area contributed by atoms with Crippen molar-refractivity contribution in [2.45, 2.75) is 85.1 Å². The summed E-state index contributed by atoms with van der Waals surface area (Å²) in [5, 5.41) is 3.43. The van der Waals surface area contributed by atoms with E-state index in [4.69, 9.17) is 4.74 Å². The van der Waals surface area contributed by atoms with Crippen molar-refractivity contribution in [1.82, 2.24) is 5.32 Å². The molecule has 2 heteroatoms. The van der Waals surface area contributed by atoms with Gasteiger partial charge in [0.25, 0.3) is 0 Å². The highest BCUT2D eigenvalue weighted by molar-refractivity contribution is 5.21. The monoisotopic (exact) mass is 291 g/mol. The number of ether oxygens (including phenoxy) is 1. The number of benzene rings is 1. The Morgan fingerprint density at radius 3 is 2.24 bits per heavy atom. The van der Waals surface area contributed by atoms with Crippen molar-refractivity contribution in [3.63, 3.8) is 0 Å². The van der Waals surface area contributed by atoms with Crippen LogP contribution >= 0.6 is 0 Å². The van der Waals surface area contributed by atoms with E-state index in [1.165, 1.54) is 43.2 Å². The lowest BCUT2D eigenvalue weighted by Gasteiger charge is -2.13. The predicted octanol–water partition coefficient (Wildman–Crippen LogP) is 5.06. The third kappa shape index (κ3) is 8.90. The van der Waals surface area contributed by atoms with Crippen molar-refractivity contribution in [2.75, 3.05) is 0 Å². The maximum absolute atomic E-state index is 5.93. The number of unbranched alkanes of at least 4 members (excludes halogenated alkanes) is 3. The van der Waals surface area contributed by atoms with Gasteiger partial charge in [-0.25, -0.2) is 0 Å². The summed E-state index contributed by atoms with van der Waals surface area (Å²) in [6.45, 7) is 10.4. The molecule has 2 nitrogen and oxygen atoms in total. The van der Waals surface area contributed by atoms with Crippen molar-refractivity contribution in [3.8, 4) is 0 Å². The van der Waals surface area contributed by atoms with E-state index in [0.29, 0.717) is 12.1 Å². The van der Waals surface area contributed by atoms with Gasteiger partial charge in [0.15, 0.2) is 0 Å². The van der Waals surface area contributed by atoms with E-state index in [2.05, 4.69) is 57.3 Å². The minimum atomic E-state index is 0.365. The van der Waals surface area contributed by atoms with Crippen LogP contribution in [0.5, 0.6) is 0 Å². The molecule has 1 aromatic carbocycles. The van der Waals surface area contributed by atoms with Gasteiger partial charge in [-0.05, 0) is 24.5 Å². The van der Waals surface area contributed by atoms with Gasteiger partial charge in [-0.3, -0.25) is 0 Å². The van der Waals surface area contributed by atoms with Gasteiger partial charge in [0, 0.05) is 12.6 Å². The minimum Gasteiger partial charge on any atom is -0.374 e. The summed E-state index contributed by atoms with van der Waals surface area (Å²) >= 11 is 0. The molecule has 1 atom stereocenters. The zero-order valence-corrected chi connectivity index (χ0v) is 14.3. The summed E-state index contributed by atoms with van der Waals surface area (Å²) in [4.78, 5) is 0. The van der Waals surface area contributed by atoms with E-state index < -0.39 is 0 Å². The highest BCUT2D eigenvalue weighted by Crippen LogP contribution is 2.11. The summed E-state index contributed by atoms with van der Waals surface area (Å²) < 4.78 is 5.93. The quantitative estimate of drug-likeness (QED) is 0.575. The fourth-order valence-electron chi connectivity index (χ4n) is 2.26. The molecule has 0 aromatic heterocycles. The van der Waals surface area contributed by atoms with Gasteiger partial charge in [0.1, 0.15) is 0 Å². The van der Waals surface area contributed by atoms with Crippen LogP contribution in [0.3, 0.4) is 0 Å². The van der Waals surface area contributed by atoms with Crippen LogP contribution in [0.15, 0.2) is 24.3 Å². The van der Waals surface area contributed by atoms with Gasteiger partial charge in [0.05, 0.1) is 12.7 Å². The number of rotatable bonds is 11. The molecule has 21 heavy (non-hydrogen) atoms. The average molecular weight is 291 g/mol. The first-order chi connectivity index (χ1) is 10.1. The third-order valence-corrected chi connectivity index (χ3v) is 3.74. The molecule has 1 rings (SSSR count). The maximum atomic E-state index is 5.93. The van der Waals surface area contributed by atoms with E-state index in [1.54, 1.807) is 0 Å². The highest BCUT2D eigenvalue weighted by atomic mass is 16.5. The molecular weight excluding hydrogens is 258 g/mol. The summed E-state index contributed by atoms with van der Waals surface area (Å²) in [6, 6.07) is 9.28. The zero-order chi connectivity index (χ0) is 15.5. The van der Waals surface area contributed by atoms with Gasteiger partial charge in [-0.2, -0.15) is 0 Å². The minimum absolute atomic E-state index is 0.365. The molecule has 1 N–H and O–H groups in total. The van der Waals surface area contributed by atoms with E-state index in [0.717, 1.165) is 13.2 Å². The van der Waals surface area contributed by atoms with Crippen LogP contribution in [0.1, 0.15) is 70.9 Å². The molecule has 0 aliphatic heterocycles. The molecule has 0 saturated heterocycles. The van der Waals surface area contributed by atoms with Crippen molar-refractivity contribution in [3.05, 3.63) is 35.4 Å². The average Bonchev–Trinajstić information content (AvgIpc) is 2.48. The van der Waals surface area contributed by atoms with Crippen molar-refractivity contribution < 1.29 is 4.74 Å². The smallest absolute Gasteiger partial charge is 0.0720 e. The second-order valence-electron chi connectivity index (χ2n) is 6.32. The summed E-state index contributed by atoms with van der Waals surface area (Å²) in [6.07, 6.45) is 6.81. The van der Waals surface area contributed by atoms with Gasteiger partial charge in [-0.15, -0.1) is 0 Å². The SMILES string of the molecule is CCCCCCC(C)OCc1ccc(CNC(C)C)cc1. The Labute approximate surface area is 131 Å². The van der Waals surface area contributed by atoms with Crippen molar-refractivity contribution in [1.29, 1.82) is 0 Å². The lowest BCUT2D eigenvalue weighted by atomic mass is 10.1. The van der Waals surface area contributed by atoms with E-state index in [1.807, 2.05) is 0 Å². The lowest BCUT2D eigenvalue weighted by molar-refractivity contribution is 0.0459. The fourth-order valence-corrected chi connectivity index (χ4v) is 2.26. The van der Waals surface area contributed by atoms with Crippen LogP contribution in [0, 0.1) is 0 Å². The van der Waals surface area contributed by atoms with Gasteiger partial charge < -0.3 is 10.1 Å². The number of hydrogen-bond donors (Lipinski definition) is 1. The second kappa shape index (κ2) is 10.8. The maximum Gasteiger partial charge on any atom is 0.0720 e. The standard InChI is InChI=1S/C19H33NO/c1-5-6-7-8-9-17(4)21-15-19-12-10-18(11-13-19)14-20-16(2)3/h10-13,16-17,20H,5-9,14-15H2,1-4H3. The first-order valence-electron chi connectivity index (χ1n) is 8.54. The lowest BCUT2D eigenvalue weighted by Crippen LogP contribution is -2.21. The van der Waals surface area contributed by atoms with E-state index in [-0.39, 0.29) is 0 Å². The summed E-state index contributed by atoms with van der Waals surface area (Å²) in [5.41, 5.74) is 2.60. The molecule has 0 bridgehead atoms. The predicted molar refractivity (Wildman–Crippen MR) is 91.4 cm³/mol. The number of hydrogen-bond acceptors (Lipinski definition) is 2. The molecule has 0 amide bonds. The molecule has 0 aliphatic carbocycles. The summed E-state index contributed by atoms with van der Waals surface area (Å²) in [7, 11) is 0. The fraction of sp³-hybridized carbons (Fsp3) is 0.684. The third-order valence-electron chi connectivity index (χ3n) is 3.74. The normalized spacial score (nSPS) is 12.8. The largest absolute Gasteiger partial charge is 0.374 e. The first-order valence-corrected chi connectivity index (χ1v) is 8.54. The van der Waals surface area contributed by atoms with Crippen LogP contribution in [-0.2, 0) is 17.9 Å². The van der Waals surface area contributed by atoms with E-state index in [9.17, 15) is 0 Å². The Hall–Kier alpha value is -0.860. The van der Waals surface area contributed by atoms with Gasteiger partial charge in [-0.1, -0.05) is 70.7 Å². The van der Waals surface area contributed by atoms with Crippen molar-refractivity contribution >= 4 is 0 Å². The zero-order valence-electron chi connectivity index (χ0n) is 14.3. The molecule has 0 saturated carbocycles. The molecule has 0 fully saturated rings. The molecule has 120 valence electrons. The van der Waals surface area contributed by atoms with Crippen LogP contribution in [0.4, 0.5) is 0 Å². The van der Waals surface area contributed by atoms with Gasteiger partial charge >= 0.3 is 0 Å². The molecule has 0 heterocycles. The Morgan fingerprint density at radius 1 is 0.952 bits per heavy atom. The topological polar surface area (TPSA) is 21.3 Å².